The minimum Gasteiger partial charge on any atom is -0.343 e. The molecule has 1 aliphatic heterocycles. The van der Waals surface area contributed by atoms with Gasteiger partial charge >= 0.3 is 0 Å². The van der Waals surface area contributed by atoms with Crippen LogP contribution in [0.4, 0.5) is 0 Å². The summed E-state index contributed by atoms with van der Waals surface area (Å²) >= 11 is 0. The van der Waals surface area contributed by atoms with Gasteiger partial charge in [-0.2, -0.15) is 0 Å². The molecule has 0 radical (unpaired) electrons. The summed E-state index contributed by atoms with van der Waals surface area (Å²) in [6, 6.07) is 7.42. The van der Waals surface area contributed by atoms with Crippen molar-refractivity contribution >= 4 is 5.78 Å². The molecule has 1 atom stereocenters. The van der Waals surface area contributed by atoms with Crippen molar-refractivity contribution in [1.29, 1.82) is 0 Å². The Labute approximate surface area is 101 Å². The highest BCUT2D eigenvalue weighted by Gasteiger charge is 2.49. The number of benzene rings is 1. The van der Waals surface area contributed by atoms with Crippen molar-refractivity contribution in [2.75, 3.05) is 7.11 Å². The Bertz CT molecular complexity index is 476. The van der Waals surface area contributed by atoms with Crippen molar-refractivity contribution in [1.82, 2.24) is 0 Å². The van der Waals surface area contributed by atoms with Crippen LogP contribution in [0.5, 0.6) is 0 Å². The minimum atomic E-state index is -1.38. The van der Waals surface area contributed by atoms with Gasteiger partial charge < -0.3 is 9.47 Å². The molecule has 0 bridgehead atoms. The van der Waals surface area contributed by atoms with Crippen LogP contribution in [0.25, 0.3) is 0 Å². The van der Waals surface area contributed by atoms with E-state index < -0.39 is 11.4 Å². The predicted octanol–water partition coefficient (Wildman–Crippen LogP) is 2.66. The molecular formula is C14H16O3. The molecule has 0 saturated heterocycles. The first-order valence-electron chi connectivity index (χ1n) is 5.50. The highest BCUT2D eigenvalue weighted by molar-refractivity contribution is 6.05. The second-order valence-electron chi connectivity index (χ2n) is 4.56. The van der Waals surface area contributed by atoms with Crippen LogP contribution in [0.1, 0.15) is 29.8 Å². The number of carbonyl (C=O) groups is 1. The second kappa shape index (κ2) is 3.79. The number of rotatable bonds is 2. The largest absolute Gasteiger partial charge is 0.343 e. The fourth-order valence-electron chi connectivity index (χ4n) is 2.23. The Hall–Kier alpha value is -1.45. The monoisotopic (exact) mass is 232 g/mol. The number of hydrogen-bond acceptors (Lipinski definition) is 3. The average molecular weight is 232 g/mol. The average Bonchev–Trinajstić information content (AvgIpc) is 2.34. The maximum atomic E-state index is 12.4. The zero-order valence-electron chi connectivity index (χ0n) is 10.3. The fourth-order valence-corrected chi connectivity index (χ4v) is 2.23. The van der Waals surface area contributed by atoms with E-state index in [1.54, 1.807) is 6.07 Å². The molecule has 17 heavy (non-hydrogen) atoms. The normalized spacial score (nSPS) is 26.4. The first kappa shape index (κ1) is 12.0. The van der Waals surface area contributed by atoms with E-state index in [2.05, 4.69) is 6.58 Å². The summed E-state index contributed by atoms with van der Waals surface area (Å²) in [5.41, 5.74) is 0.916. The molecule has 1 aromatic carbocycles. The molecule has 1 heterocycles. The molecule has 0 amide bonds. The van der Waals surface area contributed by atoms with Crippen molar-refractivity contribution < 1.29 is 14.3 Å². The maximum Gasteiger partial charge on any atom is 0.254 e. The topological polar surface area (TPSA) is 35.5 Å². The van der Waals surface area contributed by atoms with Gasteiger partial charge in [0.05, 0.1) is 5.60 Å². The fraction of sp³-hybridized carbons (Fsp3) is 0.357. The third kappa shape index (κ3) is 1.63. The standard InChI is InChI=1S/C14H16O3/c1-5-14(16-4)12(15)10-8-6-7-9-11(10)13(2,3)17-14/h5-9H,1H2,2-4H3. The van der Waals surface area contributed by atoms with Gasteiger partial charge in [0.15, 0.2) is 0 Å². The van der Waals surface area contributed by atoms with Crippen LogP contribution < -0.4 is 0 Å². The van der Waals surface area contributed by atoms with Gasteiger partial charge in [-0.25, -0.2) is 0 Å². The number of methoxy groups -OCH3 is 1. The van der Waals surface area contributed by atoms with Gasteiger partial charge in [0.2, 0.25) is 5.78 Å². The molecule has 0 fully saturated rings. The quantitative estimate of drug-likeness (QED) is 0.735. The second-order valence-corrected chi connectivity index (χ2v) is 4.56. The van der Waals surface area contributed by atoms with Crippen LogP contribution in [0.3, 0.4) is 0 Å². The molecule has 1 unspecified atom stereocenters. The van der Waals surface area contributed by atoms with Crippen molar-refractivity contribution in [3.8, 4) is 0 Å². The molecule has 0 N–H and O–H groups in total. The lowest BCUT2D eigenvalue weighted by Gasteiger charge is -2.42. The SMILES string of the molecule is C=CC1(OC)OC(C)(C)c2ccccc2C1=O. The summed E-state index contributed by atoms with van der Waals surface area (Å²) < 4.78 is 11.1. The molecule has 0 aromatic heterocycles. The van der Waals surface area contributed by atoms with E-state index in [1.807, 2.05) is 32.0 Å². The molecule has 1 aliphatic rings. The van der Waals surface area contributed by atoms with E-state index in [-0.39, 0.29) is 5.78 Å². The third-order valence-electron chi connectivity index (χ3n) is 3.12. The first-order chi connectivity index (χ1) is 7.97. The Balaban J connectivity index is 2.66. The Kier molecular flexibility index (Phi) is 2.68. The number of carbonyl (C=O) groups excluding carboxylic acids is 1. The summed E-state index contributed by atoms with van der Waals surface area (Å²) in [4.78, 5) is 12.4. The lowest BCUT2D eigenvalue weighted by atomic mass is 9.85. The van der Waals surface area contributed by atoms with Gasteiger partial charge in [0.1, 0.15) is 0 Å². The predicted molar refractivity (Wildman–Crippen MR) is 64.8 cm³/mol. The molecule has 0 saturated carbocycles. The van der Waals surface area contributed by atoms with Crippen molar-refractivity contribution in [2.24, 2.45) is 0 Å². The first-order valence-corrected chi connectivity index (χ1v) is 5.50. The molecule has 0 spiro atoms. The maximum absolute atomic E-state index is 12.4. The highest BCUT2D eigenvalue weighted by Crippen LogP contribution is 2.40. The van der Waals surface area contributed by atoms with E-state index in [1.165, 1.54) is 13.2 Å². The zero-order chi connectivity index (χ0) is 12.7. The lowest BCUT2D eigenvalue weighted by molar-refractivity contribution is -0.220. The number of hydrogen-bond donors (Lipinski definition) is 0. The summed E-state index contributed by atoms with van der Waals surface area (Å²) in [5, 5.41) is 0. The third-order valence-corrected chi connectivity index (χ3v) is 3.12. The molecule has 1 aromatic rings. The van der Waals surface area contributed by atoms with Gasteiger partial charge in [-0.1, -0.05) is 30.8 Å². The van der Waals surface area contributed by atoms with Gasteiger partial charge in [-0.3, -0.25) is 4.79 Å². The number of ether oxygens (including phenoxy) is 2. The Morgan fingerprint density at radius 2 is 2.00 bits per heavy atom. The Morgan fingerprint density at radius 1 is 1.35 bits per heavy atom. The van der Waals surface area contributed by atoms with Crippen LogP contribution in [-0.4, -0.2) is 18.7 Å². The molecule has 0 aliphatic carbocycles. The molecular weight excluding hydrogens is 216 g/mol. The van der Waals surface area contributed by atoms with E-state index in [0.717, 1.165) is 5.56 Å². The molecule has 3 nitrogen and oxygen atoms in total. The molecule has 2 rings (SSSR count). The van der Waals surface area contributed by atoms with Gasteiger partial charge in [0.25, 0.3) is 5.79 Å². The summed E-state index contributed by atoms with van der Waals surface area (Å²) in [6.45, 7) is 7.47. The van der Waals surface area contributed by atoms with Gasteiger partial charge in [-0.05, 0) is 25.5 Å². The number of Topliss-reactive ketones (excluding diaryl/α,β-unsaturated/α-hetero) is 1. The lowest BCUT2D eigenvalue weighted by Crippen LogP contribution is -2.51. The minimum absolute atomic E-state index is 0.204. The number of fused-ring (bicyclic) bond motifs is 1. The van der Waals surface area contributed by atoms with Crippen LogP contribution in [0, 0.1) is 0 Å². The smallest absolute Gasteiger partial charge is 0.254 e. The van der Waals surface area contributed by atoms with Crippen LogP contribution in [0.15, 0.2) is 36.9 Å². The van der Waals surface area contributed by atoms with Crippen molar-refractivity contribution in [3.63, 3.8) is 0 Å². The zero-order valence-corrected chi connectivity index (χ0v) is 10.3. The van der Waals surface area contributed by atoms with E-state index in [9.17, 15) is 4.79 Å². The van der Waals surface area contributed by atoms with Crippen molar-refractivity contribution in [2.45, 2.75) is 25.2 Å². The number of ketones is 1. The van der Waals surface area contributed by atoms with Gasteiger partial charge in [-0.15, -0.1) is 0 Å². The van der Waals surface area contributed by atoms with E-state index >= 15 is 0 Å². The highest BCUT2D eigenvalue weighted by atomic mass is 16.7. The van der Waals surface area contributed by atoms with Crippen LogP contribution >= 0.6 is 0 Å². The van der Waals surface area contributed by atoms with Crippen LogP contribution in [-0.2, 0) is 15.1 Å². The molecule has 90 valence electrons. The van der Waals surface area contributed by atoms with Gasteiger partial charge in [0, 0.05) is 12.7 Å². The van der Waals surface area contributed by atoms with E-state index in [4.69, 9.17) is 9.47 Å². The van der Waals surface area contributed by atoms with Crippen LogP contribution in [0.2, 0.25) is 0 Å². The van der Waals surface area contributed by atoms with E-state index in [0.29, 0.717) is 5.56 Å². The molecule has 3 heteroatoms. The summed E-state index contributed by atoms with van der Waals surface area (Å²) in [6.07, 6.45) is 1.41. The summed E-state index contributed by atoms with van der Waals surface area (Å²) in [5.74, 6) is -1.58. The summed E-state index contributed by atoms with van der Waals surface area (Å²) in [7, 11) is 1.45. The van der Waals surface area contributed by atoms with Crippen molar-refractivity contribution in [3.05, 3.63) is 48.0 Å². The Morgan fingerprint density at radius 3 is 2.59 bits per heavy atom.